The van der Waals surface area contributed by atoms with Gasteiger partial charge in [-0.05, 0) is 60.8 Å². The van der Waals surface area contributed by atoms with Gasteiger partial charge in [0.25, 0.3) is 0 Å². The summed E-state index contributed by atoms with van der Waals surface area (Å²) in [5.41, 5.74) is 6.06. The zero-order chi connectivity index (χ0) is 23.4. The van der Waals surface area contributed by atoms with Gasteiger partial charge in [-0.15, -0.1) is 12.3 Å². The zero-order valence-electron chi connectivity index (χ0n) is 20.3. The van der Waals surface area contributed by atoms with Gasteiger partial charge in [-0.2, -0.15) is 0 Å². The number of nitrogens with one attached hydrogen (secondary N) is 1. The van der Waals surface area contributed by atoms with E-state index in [0.717, 1.165) is 68.3 Å². The van der Waals surface area contributed by atoms with Crippen molar-refractivity contribution in [2.45, 2.75) is 32.6 Å². The van der Waals surface area contributed by atoms with E-state index in [2.05, 4.69) is 64.9 Å². The lowest BCUT2D eigenvalue weighted by Gasteiger charge is -2.36. The lowest BCUT2D eigenvalue weighted by molar-refractivity contribution is 0.256. The van der Waals surface area contributed by atoms with E-state index in [-0.39, 0.29) is 0 Å². The number of rotatable bonds is 8. The number of nitrogens with zero attached hydrogens (tertiary/aromatic N) is 2. The third-order valence-electron chi connectivity index (χ3n) is 6.60. The van der Waals surface area contributed by atoms with Crippen molar-refractivity contribution in [1.29, 1.82) is 0 Å². The Morgan fingerprint density at radius 3 is 2.42 bits per heavy atom. The number of aromatic nitrogens is 1. The monoisotopic (exact) mass is 445 g/mol. The quantitative estimate of drug-likeness (QED) is 0.367. The molecule has 1 aliphatic heterocycles. The van der Waals surface area contributed by atoms with E-state index in [0.29, 0.717) is 5.92 Å². The highest BCUT2D eigenvalue weighted by atomic mass is 16.5. The van der Waals surface area contributed by atoms with E-state index < -0.39 is 0 Å². The summed E-state index contributed by atoms with van der Waals surface area (Å²) in [5.74, 6) is 4.61. The molecular formula is C28H35N3O2. The highest BCUT2D eigenvalue weighted by Gasteiger charge is 2.21. The van der Waals surface area contributed by atoms with Crippen LogP contribution in [0, 0.1) is 12.3 Å². The third kappa shape index (κ3) is 4.82. The Balaban J connectivity index is 1.63. The standard InChI is InChI=1S/C28H35N3O2/c1-6-7-8-13-30-14-16-31(17-15-30)22-10-11-24-23(19-22)27(20(2)3)28(29-24)21-9-12-25(32-4)26(18-21)33-5/h1,9-12,18-20,29H,7-8,13-17H2,2-5H3. The summed E-state index contributed by atoms with van der Waals surface area (Å²) in [7, 11) is 3.34. The molecule has 0 spiro atoms. The average molecular weight is 446 g/mol. The smallest absolute Gasteiger partial charge is 0.161 e. The first-order valence-electron chi connectivity index (χ1n) is 11.8. The van der Waals surface area contributed by atoms with Crippen LogP contribution in [0.1, 0.15) is 38.2 Å². The van der Waals surface area contributed by atoms with Crippen molar-refractivity contribution in [3.63, 3.8) is 0 Å². The molecule has 3 aromatic rings. The number of ether oxygens (including phenoxy) is 2. The maximum Gasteiger partial charge on any atom is 0.161 e. The van der Waals surface area contributed by atoms with Gasteiger partial charge in [0.1, 0.15) is 0 Å². The molecule has 0 radical (unpaired) electrons. The van der Waals surface area contributed by atoms with Gasteiger partial charge < -0.3 is 19.4 Å². The van der Waals surface area contributed by atoms with Crippen molar-refractivity contribution < 1.29 is 9.47 Å². The van der Waals surface area contributed by atoms with Gasteiger partial charge in [-0.3, -0.25) is 4.90 Å². The molecule has 33 heavy (non-hydrogen) atoms. The summed E-state index contributed by atoms with van der Waals surface area (Å²) in [6.07, 6.45) is 7.35. The Labute approximate surface area is 197 Å². The summed E-state index contributed by atoms with van der Waals surface area (Å²) in [5, 5.41) is 1.30. The van der Waals surface area contributed by atoms with Crippen molar-refractivity contribution in [1.82, 2.24) is 9.88 Å². The van der Waals surface area contributed by atoms with Crippen LogP contribution in [-0.2, 0) is 0 Å². The molecule has 1 fully saturated rings. The van der Waals surface area contributed by atoms with E-state index in [4.69, 9.17) is 15.9 Å². The van der Waals surface area contributed by atoms with Crippen molar-refractivity contribution >= 4 is 16.6 Å². The summed E-state index contributed by atoms with van der Waals surface area (Å²) in [4.78, 5) is 8.71. The average Bonchev–Trinajstić information content (AvgIpc) is 3.23. The summed E-state index contributed by atoms with van der Waals surface area (Å²) >= 11 is 0. The van der Waals surface area contributed by atoms with Gasteiger partial charge in [-0.1, -0.05) is 13.8 Å². The van der Waals surface area contributed by atoms with Gasteiger partial charge in [0.15, 0.2) is 11.5 Å². The number of H-pyrrole nitrogens is 1. The molecule has 1 N–H and O–H groups in total. The molecule has 0 saturated carbocycles. The van der Waals surface area contributed by atoms with Crippen molar-refractivity contribution in [2.24, 2.45) is 0 Å². The minimum atomic E-state index is 0.380. The molecule has 4 rings (SSSR count). The predicted octanol–water partition coefficient (Wildman–Crippen LogP) is 5.51. The molecule has 174 valence electrons. The topological polar surface area (TPSA) is 40.7 Å². The molecule has 1 aromatic heterocycles. The van der Waals surface area contributed by atoms with Crippen LogP contribution in [0.2, 0.25) is 0 Å². The maximum atomic E-state index is 5.55. The molecule has 2 aromatic carbocycles. The van der Waals surface area contributed by atoms with Crippen LogP contribution >= 0.6 is 0 Å². The number of methoxy groups -OCH3 is 2. The SMILES string of the molecule is C#CCCCN1CCN(c2ccc3[nH]c(-c4ccc(OC)c(OC)c4)c(C(C)C)c3c2)CC1. The molecule has 0 bridgehead atoms. The fourth-order valence-electron chi connectivity index (χ4n) is 4.85. The van der Waals surface area contributed by atoms with Crippen LogP contribution in [0.4, 0.5) is 5.69 Å². The molecule has 1 saturated heterocycles. The maximum absolute atomic E-state index is 5.55. The molecule has 5 heteroatoms. The van der Waals surface area contributed by atoms with Gasteiger partial charge in [-0.25, -0.2) is 0 Å². The Bertz CT molecular complexity index is 1130. The second-order valence-corrected chi connectivity index (χ2v) is 9.00. The molecular weight excluding hydrogens is 410 g/mol. The lowest BCUT2D eigenvalue weighted by Crippen LogP contribution is -2.46. The highest BCUT2D eigenvalue weighted by Crippen LogP contribution is 2.40. The fraction of sp³-hybridized carbons (Fsp3) is 0.429. The number of aromatic amines is 1. The van der Waals surface area contributed by atoms with Crippen LogP contribution in [0.5, 0.6) is 11.5 Å². The number of benzene rings is 2. The summed E-state index contributed by atoms with van der Waals surface area (Å²) < 4.78 is 11.0. The van der Waals surface area contributed by atoms with E-state index >= 15 is 0 Å². The Kier molecular flexibility index (Phi) is 7.15. The molecule has 5 nitrogen and oxygen atoms in total. The van der Waals surface area contributed by atoms with E-state index in [1.807, 2.05) is 6.07 Å². The Morgan fingerprint density at radius 2 is 1.76 bits per heavy atom. The Hall–Kier alpha value is -3.10. The molecule has 1 aliphatic rings. The second kappa shape index (κ2) is 10.2. The first-order valence-corrected chi connectivity index (χ1v) is 11.8. The van der Waals surface area contributed by atoms with Crippen molar-refractivity contribution in [3.05, 3.63) is 42.0 Å². The first-order chi connectivity index (χ1) is 16.0. The number of piperazine rings is 1. The number of unbranched alkanes of at least 4 members (excludes halogenated alkanes) is 1. The number of hydrogen-bond donors (Lipinski definition) is 1. The largest absolute Gasteiger partial charge is 0.493 e. The minimum absolute atomic E-state index is 0.380. The van der Waals surface area contributed by atoms with Crippen LogP contribution in [0.25, 0.3) is 22.2 Å². The van der Waals surface area contributed by atoms with Gasteiger partial charge in [0.2, 0.25) is 0 Å². The van der Waals surface area contributed by atoms with E-state index in [9.17, 15) is 0 Å². The Morgan fingerprint density at radius 1 is 1.00 bits per heavy atom. The third-order valence-corrected chi connectivity index (χ3v) is 6.60. The molecule has 0 unspecified atom stereocenters. The normalized spacial score (nSPS) is 14.6. The minimum Gasteiger partial charge on any atom is -0.493 e. The van der Waals surface area contributed by atoms with Crippen LogP contribution in [0.3, 0.4) is 0 Å². The van der Waals surface area contributed by atoms with Gasteiger partial charge >= 0.3 is 0 Å². The lowest BCUT2D eigenvalue weighted by atomic mass is 9.95. The van der Waals surface area contributed by atoms with Crippen molar-refractivity contribution in [2.75, 3.05) is 51.8 Å². The highest BCUT2D eigenvalue weighted by molar-refractivity contribution is 5.93. The van der Waals surface area contributed by atoms with Crippen molar-refractivity contribution in [3.8, 4) is 35.1 Å². The molecule has 0 atom stereocenters. The summed E-state index contributed by atoms with van der Waals surface area (Å²) in [6, 6.07) is 12.9. The number of hydrogen-bond acceptors (Lipinski definition) is 4. The fourth-order valence-corrected chi connectivity index (χ4v) is 4.85. The van der Waals surface area contributed by atoms with Crippen LogP contribution in [-0.4, -0.2) is 56.8 Å². The first kappa shape index (κ1) is 23.1. The predicted molar refractivity (Wildman–Crippen MR) is 138 cm³/mol. The van der Waals surface area contributed by atoms with Crippen LogP contribution < -0.4 is 14.4 Å². The van der Waals surface area contributed by atoms with E-state index in [1.165, 1.54) is 22.2 Å². The van der Waals surface area contributed by atoms with Gasteiger partial charge in [0, 0.05) is 54.8 Å². The van der Waals surface area contributed by atoms with E-state index in [1.54, 1.807) is 14.2 Å². The molecule has 0 amide bonds. The van der Waals surface area contributed by atoms with Crippen LogP contribution in [0.15, 0.2) is 36.4 Å². The zero-order valence-corrected chi connectivity index (χ0v) is 20.3. The van der Waals surface area contributed by atoms with Gasteiger partial charge in [0.05, 0.1) is 19.9 Å². The number of anilines is 1. The second-order valence-electron chi connectivity index (χ2n) is 9.00. The summed E-state index contributed by atoms with van der Waals surface area (Å²) in [6.45, 7) is 9.88. The number of terminal acetylenes is 1. The number of fused-ring (bicyclic) bond motifs is 1. The molecule has 2 heterocycles. The molecule has 0 aliphatic carbocycles.